The molecule has 60 valence electrons. The molecule has 1 rings (SSSR count). The fourth-order valence-electron chi connectivity index (χ4n) is 1.90. The molecule has 1 aliphatic heterocycles. The van der Waals surface area contributed by atoms with Crippen molar-refractivity contribution in [2.75, 3.05) is 6.54 Å². The van der Waals surface area contributed by atoms with Crippen molar-refractivity contribution in [2.45, 2.75) is 45.6 Å². The standard InChI is InChI=1S/C9H19N/c1-4-5-8-6-9(2,3)10-7-8/h8,10H,4-7H2,1-3H3. The van der Waals surface area contributed by atoms with Crippen LogP contribution in [0, 0.1) is 5.92 Å². The minimum Gasteiger partial charge on any atom is -0.312 e. The SMILES string of the molecule is CCCC1CNC(C)(C)C1. The minimum atomic E-state index is 0.417. The molecule has 1 aliphatic rings. The van der Waals surface area contributed by atoms with E-state index < -0.39 is 0 Å². The van der Waals surface area contributed by atoms with Crippen LogP contribution in [0.25, 0.3) is 0 Å². The predicted molar refractivity (Wildman–Crippen MR) is 45.1 cm³/mol. The molecule has 10 heavy (non-hydrogen) atoms. The number of rotatable bonds is 2. The van der Waals surface area contributed by atoms with Crippen molar-refractivity contribution in [1.82, 2.24) is 5.32 Å². The van der Waals surface area contributed by atoms with Gasteiger partial charge in [0.25, 0.3) is 0 Å². The van der Waals surface area contributed by atoms with E-state index in [2.05, 4.69) is 26.1 Å². The summed E-state index contributed by atoms with van der Waals surface area (Å²) in [5, 5.41) is 3.53. The average molecular weight is 141 g/mol. The summed E-state index contributed by atoms with van der Waals surface area (Å²) in [6.45, 7) is 8.09. The highest BCUT2D eigenvalue weighted by Gasteiger charge is 2.28. The topological polar surface area (TPSA) is 12.0 Å². The third-order valence-corrected chi connectivity index (χ3v) is 2.37. The van der Waals surface area contributed by atoms with E-state index in [4.69, 9.17) is 0 Å². The van der Waals surface area contributed by atoms with Crippen molar-refractivity contribution in [1.29, 1.82) is 0 Å². The van der Waals surface area contributed by atoms with Crippen molar-refractivity contribution in [3.63, 3.8) is 0 Å². The maximum absolute atomic E-state index is 3.53. The molecule has 1 heteroatoms. The van der Waals surface area contributed by atoms with Crippen LogP contribution in [-0.4, -0.2) is 12.1 Å². The molecule has 1 fully saturated rings. The molecule has 0 aromatic heterocycles. The van der Waals surface area contributed by atoms with Crippen molar-refractivity contribution in [3.05, 3.63) is 0 Å². The second-order valence-corrected chi connectivity index (χ2v) is 4.12. The molecule has 0 radical (unpaired) electrons. The highest BCUT2D eigenvalue weighted by atomic mass is 15.0. The third-order valence-electron chi connectivity index (χ3n) is 2.37. The van der Waals surface area contributed by atoms with Crippen LogP contribution < -0.4 is 5.32 Å². The molecule has 0 aromatic rings. The van der Waals surface area contributed by atoms with Gasteiger partial charge in [-0.2, -0.15) is 0 Å². The zero-order valence-corrected chi connectivity index (χ0v) is 7.41. The first-order chi connectivity index (χ1) is 4.64. The molecule has 1 nitrogen and oxygen atoms in total. The Hall–Kier alpha value is -0.0400. The van der Waals surface area contributed by atoms with Crippen molar-refractivity contribution in [3.8, 4) is 0 Å². The second kappa shape index (κ2) is 2.91. The van der Waals surface area contributed by atoms with E-state index in [-0.39, 0.29) is 0 Å². The van der Waals surface area contributed by atoms with Crippen LogP contribution in [0.3, 0.4) is 0 Å². The van der Waals surface area contributed by atoms with Crippen LogP contribution in [0.2, 0.25) is 0 Å². The quantitative estimate of drug-likeness (QED) is 0.621. The first-order valence-electron chi connectivity index (χ1n) is 4.39. The Morgan fingerprint density at radius 3 is 2.60 bits per heavy atom. The highest BCUT2D eigenvalue weighted by molar-refractivity contribution is 4.88. The molecule has 1 N–H and O–H groups in total. The molecule has 0 spiro atoms. The van der Waals surface area contributed by atoms with Gasteiger partial charge < -0.3 is 5.32 Å². The largest absolute Gasteiger partial charge is 0.312 e. The highest BCUT2D eigenvalue weighted by Crippen LogP contribution is 2.25. The Balaban J connectivity index is 2.29. The van der Waals surface area contributed by atoms with Gasteiger partial charge >= 0.3 is 0 Å². The fraction of sp³-hybridized carbons (Fsp3) is 1.00. The van der Waals surface area contributed by atoms with Gasteiger partial charge in [-0.25, -0.2) is 0 Å². The van der Waals surface area contributed by atoms with Gasteiger partial charge in [-0.15, -0.1) is 0 Å². The van der Waals surface area contributed by atoms with Crippen molar-refractivity contribution in [2.24, 2.45) is 5.92 Å². The minimum absolute atomic E-state index is 0.417. The molecule has 1 saturated heterocycles. The Morgan fingerprint density at radius 1 is 1.50 bits per heavy atom. The van der Waals surface area contributed by atoms with Gasteiger partial charge in [-0.1, -0.05) is 13.3 Å². The molecule has 0 saturated carbocycles. The smallest absolute Gasteiger partial charge is 0.0128 e. The Kier molecular flexibility index (Phi) is 2.35. The maximum Gasteiger partial charge on any atom is 0.0128 e. The molecule has 0 bridgehead atoms. The molecule has 1 unspecified atom stereocenters. The summed E-state index contributed by atoms with van der Waals surface area (Å²) in [4.78, 5) is 0. The molecule has 0 aromatic carbocycles. The van der Waals surface area contributed by atoms with Crippen LogP contribution in [0.5, 0.6) is 0 Å². The Bertz CT molecular complexity index is 107. The average Bonchev–Trinajstić information content (AvgIpc) is 2.12. The molecule has 1 heterocycles. The van der Waals surface area contributed by atoms with Crippen molar-refractivity contribution >= 4 is 0 Å². The van der Waals surface area contributed by atoms with Crippen molar-refractivity contribution < 1.29 is 0 Å². The second-order valence-electron chi connectivity index (χ2n) is 4.12. The summed E-state index contributed by atoms with van der Waals surface area (Å²) in [6.07, 6.45) is 4.10. The molecule has 0 aliphatic carbocycles. The van der Waals surface area contributed by atoms with Crippen LogP contribution >= 0.6 is 0 Å². The van der Waals surface area contributed by atoms with E-state index in [1.165, 1.54) is 25.8 Å². The Morgan fingerprint density at radius 2 is 2.20 bits per heavy atom. The molecular formula is C9H19N. The van der Waals surface area contributed by atoms with Crippen LogP contribution in [0.1, 0.15) is 40.0 Å². The van der Waals surface area contributed by atoms with E-state index in [1.807, 2.05) is 0 Å². The molecule has 1 atom stereocenters. The summed E-state index contributed by atoms with van der Waals surface area (Å²) in [6, 6.07) is 0. The summed E-state index contributed by atoms with van der Waals surface area (Å²) in [5.74, 6) is 0.944. The lowest BCUT2D eigenvalue weighted by atomic mass is 9.94. The third kappa shape index (κ3) is 1.98. The summed E-state index contributed by atoms with van der Waals surface area (Å²) in [7, 11) is 0. The van der Waals surface area contributed by atoms with Gasteiger partial charge in [0, 0.05) is 5.54 Å². The number of nitrogens with one attached hydrogen (secondary N) is 1. The number of hydrogen-bond acceptors (Lipinski definition) is 1. The first-order valence-corrected chi connectivity index (χ1v) is 4.39. The number of hydrogen-bond donors (Lipinski definition) is 1. The summed E-state index contributed by atoms with van der Waals surface area (Å²) >= 11 is 0. The fourth-order valence-corrected chi connectivity index (χ4v) is 1.90. The lowest BCUT2D eigenvalue weighted by Crippen LogP contribution is -2.31. The van der Waals surface area contributed by atoms with Crippen LogP contribution in [0.15, 0.2) is 0 Å². The zero-order chi connectivity index (χ0) is 7.61. The van der Waals surface area contributed by atoms with Gasteiger partial charge in [0.15, 0.2) is 0 Å². The van der Waals surface area contributed by atoms with E-state index in [9.17, 15) is 0 Å². The molecular weight excluding hydrogens is 122 g/mol. The summed E-state index contributed by atoms with van der Waals surface area (Å²) in [5.41, 5.74) is 0.417. The van der Waals surface area contributed by atoms with Gasteiger partial charge in [0.2, 0.25) is 0 Å². The van der Waals surface area contributed by atoms with E-state index in [1.54, 1.807) is 0 Å². The van der Waals surface area contributed by atoms with E-state index >= 15 is 0 Å². The first kappa shape index (κ1) is 8.06. The van der Waals surface area contributed by atoms with E-state index in [0.29, 0.717) is 5.54 Å². The zero-order valence-electron chi connectivity index (χ0n) is 7.41. The van der Waals surface area contributed by atoms with Crippen LogP contribution in [0.4, 0.5) is 0 Å². The molecule has 0 amide bonds. The maximum atomic E-state index is 3.53. The van der Waals surface area contributed by atoms with E-state index in [0.717, 1.165) is 5.92 Å². The van der Waals surface area contributed by atoms with Gasteiger partial charge in [-0.05, 0) is 39.2 Å². The lowest BCUT2D eigenvalue weighted by Gasteiger charge is -2.16. The van der Waals surface area contributed by atoms with Gasteiger partial charge in [-0.3, -0.25) is 0 Å². The Labute approximate surface area is 64.2 Å². The van der Waals surface area contributed by atoms with Gasteiger partial charge in [0.05, 0.1) is 0 Å². The predicted octanol–water partition coefficient (Wildman–Crippen LogP) is 2.17. The van der Waals surface area contributed by atoms with Gasteiger partial charge in [0.1, 0.15) is 0 Å². The summed E-state index contributed by atoms with van der Waals surface area (Å²) < 4.78 is 0. The normalized spacial score (nSPS) is 30.9. The van der Waals surface area contributed by atoms with Crippen LogP contribution in [-0.2, 0) is 0 Å². The monoisotopic (exact) mass is 141 g/mol. The lowest BCUT2D eigenvalue weighted by molar-refractivity contribution is 0.431.